The summed E-state index contributed by atoms with van der Waals surface area (Å²) < 4.78 is 12.2. The van der Waals surface area contributed by atoms with Crippen molar-refractivity contribution in [2.45, 2.75) is 69.2 Å². The summed E-state index contributed by atoms with van der Waals surface area (Å²) in [5.74, 6) is 0.0772. The maximum atomic E-state index is 12.9. The number of nitrogens with one attached hydrogen (secondary N) is 1. The number of aliphatic hydroxyl groups excluding tert-OH is 1. The summed E-state index contributed by atoms with van der Waals surface area (Å²) in [6.07, 6.45) is 2.44. The summed E-state index contributed by atoms with van der Waals surface area (Å²) in [6, 6.07) is 21.2. The number of aliphatic hydroxyl groups is 1. The molecule has 36 heavy (non-hydrogen) atoms. The van der Waals surface area contributed by atoms with Gasteiger partial charge in [-0.05, 0) is 30.4 Å². The standard InChI is InChI=1S/C29H39N3O4/c33-25-19-32(17-23-9-5-2-6-10-23)27-12-11-26(36-28(27)21-35-20-25)15-29(34)30-24-13-14-31(18-24)16-22-7-3-1-4-8-22/h1-10,24-28,33H,11-21H2,(H,30,34)/t24-,25+,26+,27-,28+/m0/s1. The van der Waals surface area contributed by atoms with Gasteiger partial charge in [-0.3, -0.25) is 14.6 Å². The lowest BCUT2D eigenvalue weighted by molar-refractivity contribution is -0.158. The molecule has 2 aromatic rings. The Balaban J connectivity index is 1.11. The van der Waals surface area contributed by atoms with Gasteiger partial charge in [-0.25, -0.2) is 0 Å². The molecule has 0 unspecified atom stereocenters. The van der Waals surface area contributed by atoms with E-state index in [0.717, 1.165) is 45.4 Å². The van der Waals surface area contributed by atoms with Crippen LogP contribution in [0.25, 0.3) is 0 Å². The lowest BCUT2D eigenvalue weighted by atomic mass is 9.94. The van der Waals surface area contributed by atoms with E-state index in [2.05, 4.69) is 51.5 Å². The van der Waals surface area contributed by atoms with Gasteiger partial charge in [0, 0.05) is 44.8 Å². The first-order valence-corrected chi connectivity index (χ1v) is 13.4. The molecule has 1 amide bonds. The minimum atomic E-state index is -0.508. The fourth-order valence-electron chi connectivity index (χ4n) is 5.87. The molecule has 5 rings (SSSR count). The molecule has 7 nitrogen and oxygen atoms in total. The van der Waals surface area contributed by atoms with E-state index in [1.165, 1.54) is 11.1 Å². The molecule has 2 N–H and O–H groups in total. The van der Waals surface area contributed by atoms with E-state index in [0.29, 0.717) is 26.2 Å². The highest BCUT2D eigenvalue weighted by Gasteiger charge is 2.38. The van der Waals surface area contributed by atoms with Crippen molar-refractivity contribution < 1.29 is 19.4 Å². The molecule has 194 valence electrons. The second-order valence-electron chi connectivity index (χ2n) is 10.5. The third-order valence-corrected chi connectivity index (χ3v) is 7.62. The third kappa shape index (κ3) is 6.93. The van der Waals surface area contributed by atoms with Crippen LogP contribution in [0.15, 0.2) is 60.7 Å². The number of rotatable bonds is 7. The quantitative estimate of drug-likeness (QED) is 0.618. The normalized spacial score (nSPS) is 29.8. The smallest absolute Gasteiger partial charge is 0.222 e. The van der Waals surface area contributed by atoms with Gasteiger partial charge in [0.05, 0.1) is 37.9 Å². The van der Waals surface area contributed by atoms with Gasteiger partial charge in [-0.2, -0.15) is 0 Å². The van der Waals surface area contributed by atoms with Crippen LogP contribution in [-0.4, -0.2) is 84.1 Å². The molecule has 5 atom stereocenters. The first kappa shape index (κ1) is 25.4. The average Bonchev–Trinajstić information content (AvgIpc) is 3.30. The van der Waals surface area contributed by atoms with E-state index in [4.69, 9.17) is 9.47 Å². The number of ether oxygens (including phenoxy) is 2. The van der Waals surface area contributed by atoms with Crippen LogP contribution in [0, 0.1) is 0 Å². The number of hydrogen-bond donors (Lipinski definition) is 2. The van der Waals surface area contributed by atoms with Gasteiger partial charge in [-0.1, -0.05) is 60.7 Å². The summed E-state index contributed by atoms with van der Waals surface area (Å²) in [5, 5.41) is 13.6. The highest BCUT2D eigenvalue weighted by molar-refractivity contribution is 5.76. The summed E-state index contributed by atoms with van der Waals surface area (Å²) in [4.78, 5) is 17.6. The highest BCUT2D eigenvalue weighted by atomic mass is 16.5. The van der Waals surface area contributed by atoms with E-state index < -0.39 is 6.10 Å². The Hall–Kier alpha value is -2.29. The second kappa shape index (κ2) is 12.3. The van der Waals surface area contributed by atoms with Crippen molar-refractivity contribution in [1.29, 1.82) is 0 Å². The lowest BCUT2D eigenvalue weighted by Crippen LogP contribution is -2.55. The number of carbonyl (C=O) groups excluding carboxylic acids is 1. The van der Waals surface area contributed by atoms with Gasteiger partial charge < -0.3 is 19.9 Å². The molecule has 0 aromatic heterocycles. The van der Waals surface area contributed by atoms with Crippen LogP contribution in [0.1, 0.15) is 36.8 Å². The minimum Gasteiger partial charge on any atom is -0.389 e. The maximum absolute atomic E-state index is 12.9. The number of fused-ring (bicyclic) bond motifs is 1. The molecule has 2 aromatic carbocycles. The van der Waals surface area contributed by atoms with Crippen molar-refractivity contribution in [2.75, 3.05) is 32.8 Å². The summed E-state index contributed by atoms with van der Waals surface area (Å²) in [6.45, 7) is 4.91. The number of amides is 1. The van der Waals surface area contributed by atoms with E-state index in [-0.39, 0.29) is 30.2 Å². The largest absolute Gasteiger partial charge is 0.389 e. The Morgan fingerprint density at radius 2 is 1.64 bits per heavy atom. The van der Waals surface area contributed by atoms with Crippen molar-refractivity contribution in [2.24, 2.45) is 0 Å². The topological polar surface area (TPSA) is 74.3 Å². The van der Waals surface area contributed by atoms with Crippen LogP contribution in [-0.2, 0) is 27.4 Å². The molecule has 0 saturated carbocycles. The summed E-state index contributed by atoms with van der Waals surface area (Å²) >= 11 is 0. The van der Waals surface area contributed by atoms with E-state index in [1.807, 2.05) is 24.3 Å². The van der Waals surface area contributed by atoms with Crippen molar-refractivity contribution in [3.8, 4) is 0 Å². The average molecular weight is 494 g/mol. The van der Waals surface area contributed by atoms with E-state index in [1.54, 1.807) is 0 Å². The monoisotopic (exact) mass is 493 g/mol. The molecule has 0 aliphatic carbocycles. The van der Waals surface area contributed by atoms with Crippen LogP contribution in [0.4, 0.5) is 0 Å². The van der Waals surface area contributed by atoms with Crippen LogP contribution in [0.3, 0.4) is 0 Å². The molecule has 3 heterocycles. The van der Waals surface area contributed by atoms with Gasteiger partial charge in [0.2, 0.25) is 5.91 Å². The number of β-amino-alcohol motifs (C(OH)–C–C–N with tert-alkyl or cyclic N) is 1. The van der Waals surface area contributed by atoms with Crippen molar-refractivity contribution >= 4 is 5.91 Å². The molecule has 3 saturated heterocycles. The zero-order valence-electron chi connectivity index (χ0n) is 21.0. The van der Waals surface area contributed by atoms with Gasteiger partial charge >= 0.3 is 0 Å². The molecular weight excluding hydrogens is 454 g/mol. The third-order valence-electron chi connectivity index (χ3n) is 7.62. The number of benzene rings is 2. The Morgan fingerprint density at radius 3 is 2.39 bits per heavy atom. The fourth-order valence-corrected chi connectivity index (χ4v) is 5.87. The minimum absolute atomic E-state index is 0.0772. The van der Waals surface area contributed by atoms with Crippen LogP contribution < -0.4 is 5.32 Å². The molecule has 0 spiro atoms. The molecule has 3 aliphatic heterocycles. The van der Waals surface area contributed by atoms with Crippen LogP contribution >= 0.6 is 0 Å². The first-order chi connectivity index (χ1) is 17.6. The van der Waals surface area contributed by atoms with Gasteiger partial charge in [0.15, 0.2) is 0 Å². The molecule has 3 aliphatic rings. The SMILES string of the molecule is O=C(C[C@H]1CC[C@H]2[C@@H](COC[C@H](O)CN2Cc2ccccc2)O1)N[C@H]1CCN(Cc2ccccc2)C1. The van der Waals surface area contributed by atoms with Crippen molar-refractivity contribution in [1.82, 2.24) is 15.1 Å². The van der Waals surface area contributed by atoms with Gasteiger partial charge in [0.25, 0.3) is 0 Å². The predicted octanol–water partition coefficient (Wildman–Crippen LogP) is 2.58. The second-order valence-corrected chi connectivity index (χ2v) is 10.5. The maximum Gasteiger partial charge on any atom is 0.222 e. The number of likely N-dealkylation sites (tertiary alicyclic amines) is 1. The Morgan fingerprint density at radius 1 is 0.917 bits per heavy atom. The first-order valence-electron chi connectivity index (χ1n) is 13.4. The van der Waals surface area contributed by atoms with E-state index >= 15 is 0 Å². The zero-order valence-corrected chi connectivity index (χ0v) is 21.0. The van der Waals surface area contributed by atoms with Gasteiger partial charge in [-0.15, -0.1) is 0 Å². The van der Waals surface area contributed by atoms with Crippen LogP contribution in [0.5, 0.6) is 0 Å². The summed E-state index contributed by atoms with van der Waals surface area (Å²) in [5.41, 5.74) is 2.54. The number of hydrogen-bond acceptors (Lipinski definition) is 6. The van der Waals surface area contributed by atoms with Crippen molar-refractivity contribution in [3.63, 3.8) is 0 Å². The Labute approximate surface area is 214 Å². The predicted molar refractivity (Wildman–Crippen MR) is 138 cm³/mol. The molecule has 7 heteroatoms. The fraction of sp³-hybridized carbons (Fsp3) is 0.552. The highest BCUT2D eigenvalue weighted by Crippen LogP contribution is 2.29. The zero-order chi connectivity index (χ0) is 24.7. The Kier molecular flexibility index (Phi) is 8.67. The lowest BCUT2D eigenvalue weighted by Gasteiger charge is -2.44. The number of nitrogens with zero attached hydrogens (tertiary/aromatic N) is 2. The van der Waals surface area contributed by atoms with Crippen molar-refractivity contribution in [3.05, 3.63) is 71.8 Å². The van der Waals surface area contributed by atoms with E-state index in [9.17, 15) is 9.90 Å². The molecule has 3 fully saturated rings. The van der Waals surface area contributed by atoms with Crippen LogP contribution in [0.2, 0.25) is 0 Å². The molecular formula is C29H39N3O4. The number of carbonyl (C=O) groups is 1. The summed E-state index contributed by atoms with van der Waals surface area (Å²) in [7, 11) is 0. The Bertz CT molecular complexity index is 960. The van der Waals surface area contributed by atoms with Gasteiger partial charge in [0.1, 0.15) is 0 Å². The molecule has 0 radical (unpaired) electrons. The molecule has 0 bridgehead atoms.